The summed E-state index contributed by atoms with van der Waals surface area (Å²) in [6.07, 6.45) is 2.61. The van der Waals surface area contributed by atoms with Gasteiger partial charge in [0.15, 0.2) is 8.32 Å². The average Bonchev–Trinajstić information content (AvgIpc) is 2.39. The molecule has 0 aliphatic carbocycles. The molecular weight excluding hydrogens is 228 g/mol. The molecule has 1 atom stereocenters. The van der Waals surface area contributed by atoms with Crippen LogP contribution < -0.4 is 5.32 Å². The fourth-order valence-electron chi connectivity index (χ4n) is 2.84. The van der Waals surface area contributed by atoms with Gasteiger partial charge in [0.05, 0.1) is 0 Å². The van der Waals surface area contributed by atoms with Crippen LogP contribution in [0, 0.1) is 0 Å². The summed E-state index contributed by atoms with van der Waals surface area (Å²) in [4.78, 5) is 2.59. The van der Waals surface area contributed by atoms with Crippen LogP contribution in [0.1, 0.15) is 26.7 Å². The Hall–Kier alpha value is 0.0969. The molecule has 1 heterocycles. The lowest BCUT2D eigenvalue weighted by Crippen LogP contribution is -2.44. The number of piperazine rings is 1. The third kappa shape index (κ3) is 5.08. The quantitative estimate of drug-likeness (QED) is 0.676. The van der Waals surface area contributed by atoms with Crippen LogP contribution in [0.2, 0.25) is 18.1 Å². The fraction of sp³-hybridized carbons (Fsp3) is 1.00. The van der Waals surface area contributed by atoms with E-state index < -0.39 is 8.32 Å². The van der Waals surface area contributed by atoms with Crippen molar-refractivity contribution in [3.8, 4) is 0 Å². The summed E-state index contributed by atoms with van der Waals surface area (Å²) in [5, 5.41) is 3.41. The van der Waals surface area contributed by atoms with E-state index >= 15 is 0 Å². The number of nitrogens with zero attached hydrogens (tertiary/aromatic N) is 1. The summed E-state index contributed by atoms with van der Waals surface area (Å²) >= 11 is 0. The minimum absolute atomic E-state index is 1.16. The molecule has 0 amide bonds. The first-order chi connectivity index (χ1) is 8.26. The van der Waals surface area contributed by atoms with E-state index in [0.717, 1.165) is 13.1 Å². The third-order valence-electron chi connectivity index (χ3n) is 4.10. The summed E-state index contributed by atoms with van der Waals surface area (Å²) in [5.74, 6) is 0. The van der Waals surface area contributed by atoms with Gasteiger partial charge in [0, 0.05) is 33.3 Å². The average molecular weight is 258 g/mol. The van der Waals surface area contributed by atoms with Crippen molar-refractivity contribution in [3.63, 3.8) is 0 Å². The Kier molecular flexibility index (Phi) is 7.35. The number of rotatable bonds is 8. The predicted molar refractivity (Wildman–Crippen MR) is 77.1 cm³/mol. The molecular formula is C13H30N2OSi. The highest BCUT2D eigenvalue weighted by molar-refractivity contribution is 6.73. The molecule has 1 rings (SSSR count). The lowest BCUT2D eigenvalue weighted by Gasteiger charge is -2.31. The van der Waals surface area contributed by atoms with E-state index in [1.807, 2.05) is 7.11 Å². The molecule has 0 saturated carbocycles. The van der Waals surface area contributed by atoms with Crippen LogP contribution in [0.3, 0.4) is 0 Å². The van der Waals surface area contributed by atoms with Crippen LogP contribution in [0.15, 0.2) is 0 Å². The van der Waals surface area contributed by atoms with E-state index in [0.29, 0.717) is 0 Å². The molecule has 102 valence electrons. The van der Waals surface area contributed by atoms with Gasteiger partial charge in [-0.3, -0.25) is 0 Å². The molecule has 0 bridgehead atoms. The normalized spacial score (nSPS) is 21.4. The first-order valence-electron chi connectivity index (χ1n) is 7.24. The Bertz CT molecular complexity index is 192. The number of nitrogens with one attached hydrogen (secondary N) is 1. The minimum atomic E-state index is -1.37. The SMILES string of the molecule is CCC[Si](CC)(CCCN1CCNCC1)OC. The summed E-state index contributed by atoms with van der Waals surface area (Å²) in [7, 11) is 0.570. The van der Waals surface area contributed by atoms with Gasteiger partial charge in [-0.15, -0.1) is 0 Å². The first kappa shape index (κ1) is 15.2. The second kappa shape index (κ2) is 8.24. The molecule has 3 nitrogen and oxygen atoms in total. The Morgan fingerprint density at radius 2 is 1.88 bits per heavy atom. The second-order valence-electron chi connectivity index (χ2n) is 5.19. The lowest BCUT2D eigenvalue weighted by molar-refractivity contribution is 0.240. The monoisotopic (exact) mass is 258 g/mol. The van der Waals surface area contributed by atoms with Crippen LogP contribution in [0.4, 0.5) is 0 Å². The Morgan fingerprint density at radius 1 is 1.18 bits per heavy atom. The molecule has 4 heteroatoms. The molecule has 1 unspecified atom stereocenters. The van der Waals surface area contributed by atoms with Gasteiger partial charge in [-0.05, 0) is 31.1 Å². The molecule has 0 radical (unpaired) electrons. The zero-order valence-electron chi connectivity index (χ0n) is 11.9. The van der Waals surface area contributed by atoms with Crippen LogP contribution >= 0.6 is 0 Å². The first-order valence-corrected chi connectivity index (χ1v) is 9.77. The molecule has 1 aliphatic heterocycles. The largest absolute Gasteiger partial charge is 0.420 e. The van der Waals surface area contributed by atoms with Crippen molar-refractivity contribution in [2.45, 2.75) is 44.8 Å². The van der Waals surface area contributed by atoms with Crippen molar-refractivity contribution >= 4 is 8.32 Å². The number of hydrogen-bond donors (Lipinski definition) is 1. The van der Waals surface area contributed by atoms with Crippen molar-refractivity contribution in [1.82, 2.24) is 10.2 Å². The van der Waals surface area contributed by atoms with Gasteiger partial charge in [0.25, 0.3) is 0 Å². The van der Waals surface area contributed by atoms with E-state index in [2.05, 4.69) is 24.1 Å². The van der Waals surface area contributed by atoms with Gasteiger partial charge in [0.1, 0.15) is 0 Å². The van der Waals surface area contributed by atoms with Gasteiger partial charge < -0.3 is 14.6 Å². The highest BCUT2D eigenvalue weighted by atomic mass is 28.4. The zero-order chi connectivity index (χ0) is 12.6. The smallest absolute Gasteiger partial charge is 0.192 e. The maximum absolute atomic E-state index is 5.92. The Morgan fingerprint density at radius 3 is 2.41 bits per heavy atom. The molecule has 0 aromatic rings. The second-order valence-corrected chi connectivity index (χ2v) is 9.67. The number of hydrogen-bond acceptors (Lipinski definition) is 3. The van der Waals surface area contributed by atoms with E-state index in [1.165, 1.54) is 50.6 Å². The highest BCUT2D eigenvalue weighted by Crippen LogP contribution is 2.24. The molecule has 1 saturated heterocycles. The minimum Gasteiger partial charge on any atom is -0.420 e. The van der Waals surface area contributed by atoms with Crippen molar-refractivity contribution in [2.75, 3.05) is 39.8 Å². The molecule has 1 N–H and O–H groups in total. The predicted octanol–water partition coefficient (Wildman–Crippen LogP) is 2.30. The topological polar surface area (TPSA) is 24.5 Å². The standard InChI is InChI=1S/C13H30N2OSi/c1-4-12-17(5-2,16-3)13-6-9-15-10-7-14-8-11-15/h14H,4-13H2,1-3H3. The van der Waals surface area contributed by atoms with Crippen LogP contribution in [0.25, 0.3) is 0 Å². The molecule has 0 aromatic carbocycles. The molecule has 0 aromatic heterocycles. The summed E-state index contributed by atoms with van der Waals surface area (Å²) in [5.41, 5.74) is 0. The summed E-state index contributed by atoms with van der Waals surface area (Å²) in [6.45, 7) is 10.6. The Labute approximate surface area is 108 Å². The fourth-order valence-corrected chi connectivity index (χ4v) is 6.21. The van der Waals surface area contributed by atoms with Crippen LogP contribution in [-0.4, -0.2) is 53.1 Å². The van der Waals surface area contributed by atoms with Crippen molar-refractivity contribution in [2.24, 2.45) is 0 Å². The summed E-state index contributed by atoms with van der Waals surface area (Å²) < 4.78 is 5.92. The molecule has 1 aliphatic rings. The van der Waals surface area contributed by atoms with E-state index in [-0.39, 0.29) is 0 Å². The van der Waals surface area contributed by atoms with Crippen LogP contribution in [-0.2, 0) is 4.43 Å². The van der Waals surface area contributed by atoms with Crippen molar-refractivity contribution in [1.29, 1.82) is 0 Å². The van der Waals surface area contributed by atoms with Crippen molar-refractivity contribution < 1.29 is 4.43 Å². The van der Waals surface area contributed by atoms with E-state index in [1.54, 1.807) is 0 Å². The maximum Gasteiger partial charge on any atom is 0.192 e. The molecule has 17 heavy (non-hydrogen) atoms. The van der Waals surface area contributed by atoms with Crippen LogP contribution in [0.5, 0.6) is 0 Å². The van der Waals surface area contributed by atoms with Gasteiger partial charge in [-0.1, -0.05) is 20.3 Å². The maximum atomic E-state index is 5.92. The van der Waals surface area contributed by atoms with Gasteiger partial charge in [-0.25, -0.2) is 0 Å². The van der Waals surface area contributed by atoms with Gasteiger partial charge in [-0.2, -0.15) is 0 Å². The van der Waals surface area contributed by atoms with E-state index in [4.69, 9.17) is 4.43 Å². The zero-order valence-corrected chi connectivity index (χ0v) is 12.9. The third-order valence-corrected chi connectivity index (χ3v) is 8.93. The summed E-state index contributed by atoms with van der Waals surface area (Å²) in [6, 6.07) is 3.96. The van der Waals surface area contributed by atoms with E-state index in [9.17, 15) is 0 Å². The molecule has 1 fully saturated rings. The Balaban J connectivity index is 2.25. The highest BCUT2D eigenvalue weighted by Gasteiger charge is 2.30. The molecule has 0 spiro atoms. The van der Waals surface area contributed by atoms with Crippen molar-refractivity contribution in [3.05, 3.63) is 0 Å². The lowest BCUT2D eigenvalue weighted by atomic mass is 10.3. The van der Waals surface area contributed by atoms with Gasteiger partial charge in [0.2, 0.25) is 0 Å². The van der Waals surface area contributed by atoms with Gasteiger partial charge >= 0.3 is 0 Å².